The first-order chi connectivity index (χ1) is 8.79. The van der Waals surface area contributed by atoms with Crippen LogP contribution in [0, 0.1) is 6.92 Å². The highest BCUT2D eigenvalue weighted by molar-refractivity contribution is 5.99. The van der Waals surface area contributed by atoms with Crippen LogP contribution < -0.4 is 11.5 Å². The van der Waals surface area contributed by atoms with Crippen LogP contribution in [0.25, 0.3) is 0 Å². The molecule has 7 nitrogen and oxygen atoms in total. The first kappa shape index (κ1) is 15.0. The molecule has 0 aliphatic heterocycles. The molecule has 19 heavy (non-hydrogen) atoms. The summed E-state index contributed by atoms with van der Waals surface area (Å²) in [6, 6.07) is -0.153. The number of amides is 2. The van der Waals surface area contributed by atoms with Crippen molar-refractivity contribution in [1.29, 1.82) is 0 Å². The Morgan fingerprint density at radius 3 is 2.42 bits per heavy atom. The van der Waals surface area contributed by atoms with E-state index >= 15 is 0 Å². The summed E-state index contributed by atoms with van der Waals surface area (Å²) in [6.07, 6.45) is 0. The maximum atomic E-state index is 12.5. The second kappa shape index (κ2) is 5.73. The van der Waals surface area contributed by atoms with Gasteiger partial charge in [0.05, 0.1) is 17.9 Å². The van der Waals surface area contributed by atoms with Crippen LogP contribution in [0.4, 0.5) is 5.69 Å². The van der Waals surface area contributed by atoms with Crippen LogP contribution in [-0.4, -0.2) is 39.1 Å². The number of aromatic nitrogens is 2. The van der Waals surface area contributed by atoms with E-state index in [1.807, 2.05) is 20.8 Å². The lowest BCUT2D eigenvalue weighted by Crippen LogP contribution is -2.43. The van der Waals surface area contributed by atoms with Crippen LogP contribution in [0.15, 0.2) is 0 Å². The van der Waals surface area contributed by atoms with Crippen molar-refractivity contribution in [2.45, 2.75) is 40.3 Å². The van der Waals surface area contributed by atoms with Gasteiger partial charge in [-0.25, -0.2) is 0 Å². The molecule has 0 fully saturated rings. The van der Waals surface area contributed by atoms with Gasteiger partial charge in [0, 0.05) is 12.6 Å². The van der Waals surface area contributed by atoms with Gasteiger partial charge in [0.1, 0.15) is 5.69 Å². The molecule has 0 unspecified atom stereocenters. The van der Waals surface area contributed by atoms with Crippen LogP contribution in [0.3, 0.4) is 0 Å². The SMILES string of the molecule is CCn1nc(C)c(N)c1C(=O)N(CC(N)=O)C(C)C. The third kappa shape index (κ3) is 3.04. The Morgan fingerprint density at radius 1 is 1.42 bits per heavy atom. The van der Waals surface area contributed by atoms with E-state index in [2.05, 4.69) is 5.10 Å². The minimum Gasteiger partial charge on any atom is -0.395 e. The fourth-order valence-corrected chi connectivity index (χ4v) is 1.84. The third-order valence-corrected chi connectivity index (χ3v) is 2.89. The number of nitrogen functional groups attached to an aromatic ring is 1. The molecule has 1 aromatic rings. The molecule has 1 heterocycles. The van der Waals surface area contributed by atoms with E-state index in [1.54, 1.807) is 11.6 Å². The Kier molecular flexibility index (Phi) is 4.52. The Balaban J connectivity index is 3.19. The Labute approximate surface area is 112 Å². The van der Waals surface area contributed by atoms with E-state index in [0.29, 0.717) is 23.6 Å². The summed E-state index contributed by atoms with van der Waals surface area (Å²) in [5, 5.41) is 4.20. The summed E-state index contributed by atoms with van der Waals surface area (Å²) in [5.41, 5.74) is 12.3. The molecule has 0 aliphatic carbocycles. The monoisotopic (exact) mass is 267 g/mol. The second-order valence-electron chi connectivity index (χ2n) is 4.66. The number of hydrogen-bond donors (Lipinski definition) is 2. The van der Waals surface area contributed by atoms with Crippen molar-refractivity contribution < 1.29 is 9.59 Å². The molecule has 0 aromatic carbocycles. The number of anilines is 1. The van der Waals surface area contributed by atoms with E-state index in [9.17, 15) is 9.59 Å². The predicted octanol–water partition coefficient (Wildman–Crippen LogP) is 0.130. The number of nitrogens with two attached hydrogens (primary N) is 2. The molecule has 1 rings (SSSR count). The average molecular weight is 267 g/mol. The molecular formula is C12H21N5O2. The lowest BCUT2D eigenvalue weighted by molar-refractivity contribution is -0.119. The van der Waals surface area contributed by atoms with E-state index in [-0.39, 0.29) is 18.5 Å². The van der Waals surface area contributed by atoms with Crippen molar-refractivity contribution >= 4 is 17.5 Å². The zero-order valence-electron chi connectivity index (χ0n) is 11.8. The number of primary amides is 1. The molecule has 0 saturated heterocycles. The van der Waals surface area contributed by atoms with Gasteiger partial charge in [-0.2, -0.15) is 5.10 Å². The Bertz CT molecular complexity index is 493. The second-order valence-corrected chi connectivity index (χ2v) is 4.66. The summed E-state index contributed by atoms with van der Waals surface area (Å²) in [4.78, 5) is 25.0. The summed E-state index contributed by atoms with van der Waals surface area (Å²) in [7, 11) is 0. The molecule has 1 aromatic heterocycles. The number of carbonyl (C=O) groups is 2. The highest BCUT2D eigenvalue weighted by Crippen LogP contribution is 2.19. The fourth-order valence-electron chi connectivity index (χ4n) is 1.84. The molecule has 0 radical (unpaired) electrons. The van der Waals surface area contributed by atoms with Gasteiger partial charge >= 0.3 is 0 Å². The number of hydrogen-bond acceptors (Lipinski definition) is 4. The lowest BCUT2D eigenvalue weighted by Gasteiger charge is -2.25. The average Bonchev–Trinajstić information content (AvgIpc) is 2.61. The minimum absolute atomic E-state index is 0.135. The van der Waals surface area contributed by atoms with Gasteiger partial charge in [0.15, 0.2) is 0 Å². The van der Waals surface area contributed by atoms with Crippen LogP contribution in [-0.2, 0) is 11.3 Å². The molecule has 4 N–H and O–H groups in total. The van der Waals surface area contributed by atoms with Gasteiger partial charge in [0.25, 0.3) is 5.91 Å². The van der Waals surface area contributed by atoms with Crippen molar-refractivity contribution in [3.05, 3.63) is 11.4 Å². The van der Waals surface area contributed by atoms with Crippen molar-refractivity contribution in [2.75, 3.05) is 12.3 Å². The Hall–Kier alpha value is -2.05. The number of nitrogens with zero attached hydrogens (tertiary/aromatic N) is 3. The first-order valence-corrected chi connectivity index (χ1v) is 6.21. The molecular weight excluding hydrogens is 246 g/mol. The van der Waals surface area contributed by atoms with Crippen molar-refractivity contribution in [3.8, 4) is 0 Å². The molecule has 0 atom stereocenters. The lowest BCUT2D eigenvalue weighted by atomic mass is 10.2. The zero-order chi connectivity index (χ0) is 14.7. The van der Waals surface area contributed by atoms with Crippen LogP contribution in [0.5, 0.6) is 0 Å². The summed E-state index contributed by atoms with van der Waals surface area (Å²) >= 11 is 0. The van der Waals surface area contributed by atoms with Gasteiger partial charge in [-0.15, -0.1) is 0 Å². The quantitative estimate of drug-likeness (QED) is 0.790. The van der Waals surface area contributed by atoms with Crippen LogP contribution >= 0.6 is 0 Å². The molecule has 7 heteroatoms. The Morgan fingerprint density at radius 2 is 2.00 bits per heavy atom. The zero-order valence-corrected chi connectivity index (χ0v) is 11.8. The fraction of sp³-hybridized carbons (Fsp3) is 0.583. The predicted molar refractivity (Wildman–Crippen MR) is 72.4 cm³/mol. The standard InChI is InChI=1S/C12H21N5O2/c1-5-17-11(10(14)8(4)15-17)12(19)16(7(2)3)6-9(13)18/h7H,5-6,14H2,1-4H3,(H2,13,18). The van der Waals surface area contributed by atoms with Crippen LogP contribution in [0.2, 0.25) is 0 Å². The van der Waals surface area contributed by atoms with E-state index in [1.165, 1.54) is 4.90 Å². The van der Waals surface area contributed by atoms with E-state index < -0.39 is 5.91 Å². The van der Waals surface area contributed by atoms with Crippen molar-refractivity contribution in [3.63, 3.8) is 0 Å². The van der Waals surface area contributed by atoms with Crippen molar-refractivity contribution in [1.82, 2.24) is 14.7 Å². The highest BCUT2D eigenvalue weighted by atomic mass is 16.2. The number of aryl methyl sites for hydroxylation is 2. The first-order valence-electron chi connectivity index (χ1n) is 6.21. The highest BCUT2D eigenvalue weighted by Gasteiger charge is 2.27. The molecule has 106 valence electrons. The smallest absolute Gasteiger partial charge is 0.274 e. The van der Waals surface area contributed by atoms with E-state index in [0.717, 1.165) is 0 Å². The van der Waals surface area contributed by atoms with Gasteiger partial charge in [-0.1, -0.05) is 0 Å². The van der Waals surface area contributed by atoms with Gasteiger partial charge in [0.2, 0.25) is 5.91 Å². The maximum absolute atomic E-state index is 12.5. The summed E-state index contributed by atoms with van der Waals surface area (Å²) in [5.74, 6) is -0.881. The van der Waals surface area contributed by atoms with Gasteiger partial charge in [-0.3, -0.25) is 14.3 Å². The normalized spacial score (nSPS) is 10.8. The molecule has 0 bridgehead atoms. The van der Waals surface area contributed by atoms with Crippen molar-refractivity contribution in [2.24, 2.45) is 5.73 Å². The number of rotatable bonds is 5. The largest absolute Gasteiger partial charge is 0.395 e. The van der Waals surface area contributed by atoms with Gasteiger partial charge in [-0.05, 0) is 27.7 Å². The number of carbonyl (C=O) groups excluding carboxylic acids is 2. The molecule has 0 saturated carbocycles. The summed E-state index contributed by atoms with van der Waals surface area (Å²) < 4.78 is 1.55. The molecule has 0 spiro atoms. The van der Waals surface area contributed by atoms with Crippen LogP contribution in [0.1, 0.15) is 37.0 Å². The molecule has 2 amide bonds. The van der Waals surface area contributed by atoms with Gasteiger partial charge < -0.3 is 16.4 Å². The maximum Gasteiger partial charge on any atom is 0.274 e. The topological polar surface area (TPSA) is 107 Å². The van der Waals surface area contributed by atoms with E-state index in [4.69, 9.17) is 11.5 Å². The molecule has 0 aliphatic rings. The summed E-state index contributed by atoms with van der Waals surface area (Å²) in [6.45, 7) is 7.64. The minimum atomic E-state index is -0.556. The third-order valence-electron chi connectivity index (χ3n) is 2.89.